The SMILES string of the molecule is CC[C@@H](C)Oc1ccc(/C=C2\SC(=S)N(c3ccc(F)c(Cl)c3)C2=O)cc1. The molecule has 0 bridgehead atoms. The summed E-state index contributed by atoms with van der Waals surface area (Å²) in [6.45, 7) is 4.08. The highest BCUT2D eigenvalue weighted by molar-refractivity contribution is 8.27. The van der Waals surface area contributed by atoms with E-state index in [-0.39, 0.29) is 17.0 Å². The molecule has 1 atom stereocenters. The summed E-state index contributed by atoms with van der Waals surface area (Å²) in [5.74, 6) is -0.0105. The maximum absolute atomic E-state index is 13.4. The number of thioether (sulfide) groups is 1. The molecule has 1 amide bonds. The second-order valence-corrected chi connectivity index (χ2v) is 8.10. The third kappa shape index (κ3) is 4.51. The molecule has 2 aromatic rings. The van der Waals surface area contributed by atoms with Crippen LogP contribution >= 0.6 is 35.6 Å². The maximum atomic E-state index is 13.4. The lowest BCUT2D eigenvalue weighted by molar-refractivity contribution is -0.113. The average molecular weight is 422 g/mol. The van der Waals surface area contributed by atoms with Crippen molar-refractivity contribution < 1.29 is 13.9 Å². The molecule has 1 fully saturated rings. The summed E-state index contributed by atoms with van der Waals surface area (Å²) in [6.07, 6.45) is 2.85. The topological polar surface area (TPSA) is 29.5 Å². The summed E-state index contributed by atoms with van der Waals surface area (Å²) >= 11 is 12.3. The van der Waals surface area contributed by atoms with Gasteiger partial charge in [0.05, 0.1) is 21.7 Å². The van der Waals surface area contributed by atoms with Crippen molar-refractivity contribution in [3.63, 3.8) is 0 Å². The van der Waals surface area contributed by atoms with E-state index in [1.165, 1.54) is 34.9 Å². The number of benzene rings is 2. The van der Waals surface area contributed by atoms with Crippen LogP contribution in [0.4, 0.5) is 10.1 Å². The van der Waals surface area contributed by atoms with Crippen molar-refractivity contribution >= 4 is 57.6 Å². The number of carbonyl (C=O) groups excluding carboxylic acids is 1. The molecular formula is C20H17ClFNO2S2. The van der Waals surface area contributed by atoms with E-state index >= 15 is 0 Å². The summed E-state index contributed by atoms with van der Waals surface area (Å²) < 4.78 is 19.5. The number of nitrogens with zero attached hydrogens (tertiary/aromatic N) is 1. The molecule has 0 unspecified atom stereocenters. The predicted octanol–water partition coefficient (Wildman–Crippen LogP) is 6.06. The minimum absolute atomic E-state index is 0.0533. The van der Waals surface area contributed by atoms with E-state index in [0.717, 1.165) is 17.7 Å². The van der Waals surface area contributed by atoms with Gasteiger partial charge in [0.25, 0.3) is 5.91 Å². The molecule has 27 heavy (non-hydrogen) atoms. The van der Waals surface area contributed by atoms with Gasteiger partial charge in [-0.05, 0) is 55.3 Å². The van der Waals surface area contributed by atoms with Crippen LogP contribution in [0.3, 0.4) is 0 Å². The van der Waals surface area contributed by atoms with Gasteiger partial charge in [0.15, 0.2) is 4.32 Å². The van der Waals surface area contributed by atoms with Crippen LogP contribution in [0.1, 0.15) is 25.8 Å². The first-order valence-electron chi connectivity index (χ1n) is 8.38. The Labute approximate surface area is 172 Å². The second kappa shape index (κ2) is 8.42. The molecule has 1 heterocycles. The number of rotatable bonds is 5. The lowest BCUT2D eigenvalue weighted by atomic mass is 10.2. The van der Waals surface area contributed by atoms with Crippen LogP contribution in [0.2, 0.25) is 5.02 Å². The van der Waals surface area contributed by atoms with E-state index < -0.39 is 5.82 Å². The van der Waals surface area contributed by atoms with Gasteiger partial charge >= 0.3 is 0 Å². The van der Waals surface area contributed by atoms with E-state index in [4.69, 9.17) is 28.6 Å². The quantitative estimate of drug-likeness (QED) is 0.433. The lowest BCUT2D eigenvalue weighted by Crippen LogP contribution is -2.27. The van der Waals surface area contributed by atoms with E-state index in [2.05, 4.69) is 6.92 Å². The summed E-state index contributed by atoms with van der Waals surface area (Å²) in [6, 6.07) is 11.6. The van der Waals surface area contributed by atoms with Crippen LogP contribution < -0.4 is 9.64 Å². The number of halogens is 2. The minimum Gasteiger partial charge on any atom is -0.491 e. The predicted molar refractivity (Wildman–Crippen MR) is 114 cm³/mol. The molecule has 7 heteroatoms. The van der Waals surface area contributed by atoms with Gasteiger partial charge in [-0.3, -0.25) is 9.69 Å². The Bertz CT molecular complexity index is 915. The molecule has 3 nitrogen and oxygen atoms in total. The minimum atomic E-state index is -0.541. The summed E-state index contributed by atoms with van der Waals surface area (Å²) in [4.78, 5) is 14.6. The molecule has 0 radical (unpaired) electrons. The van der Waals surface area contributed by atoms with Crippen molar-refractivity contribution in [2.45, 2.75) is 26.4 Å². The molecule has 0 saturated carbocycles. The molecule has 0 spiro atoms. The van der Waals surface area contributed by atoms with Gasteiger partial charge in [-0.15, -0.1) is 0 Å². The van der Waals surface area contributed by atoms with E-state index in [0.29, 0.717) is 14.9 Å². The zero-order valence-electron chi connectivity index (χ0n) is 14.7. The fraction of sp³-hybridized carbons (Fsp3) is 0.200. The monoisotopic (exact) mass is 421 g/mol. The number of amides is 1. The molecule has 3 rings (SSSR count). The third-order valence-corrected chi connectivity index (χ3v) is 5.64. The average Bonchev–Trinajstić information content (AvgIpc) is 2.92. The summed E-state index contributed by atoms with van der Waals surface area (Å²) in [5.41, 5.74) is 1.31. The summed E-state index contributed by atoms with van der Waals surface area (Å²) in [7, 11) is 0. The number of ether oxygens (including phenoxy) is 1. The Hall–Kier alpha value is -1.89. The molecule has 0 aliphatic carbocycles. The Morgan fingerprint density at radius 3 is 2.63 bits per heavy atom. The van der Waals surface area contributed by atoms with Gasteiger partial charge < -0.3 is 4.74 Å². The molecule has 1 aliphatic heterocycles. The van der Waals surface area contributed by atoms with E-state index in [1.807, 2.05) is 31.2 Å². The molecule has 0 N–H and O–H groups in total. The van der Waals surface area contributed by atoms with Crippen LogP contribution in [-0.4, -0.2) is 16.3 Å². The summed E-state index contributed by atoms with van der Waals surface area (Å²) in [5, 5.41) is -0.0533. The third-order valence-electron chi connectivity index (χ3n) is 4.05. The fourth-order valence-corrected chi connectivity index (χ4v) is 3.90. The second-order valence-electron chi connectivity index (χ2n) is 6.02. The molecule has 1 saturated heterocycles. The maximum Gasteiger partial charge on any atom is 0.270 e. The largest absolute Gasteiger partial charge is 0.491 e. The van der Waals surface area contributed by atoms with Crippen molar-refractivity contribution in [1.29, 1.82) is 0 Å². The van der Waals surface area contributed by atoms with Gasteiger partial charge in [0.2, 0.25) is 0 Å². The lowest BCUT2D eigenvalue weighted by Gasteiger charge is -2.14. The van der Waals surface area contributed by atoms with Crippen molar-refractivity contribution in [3.05, 3.63) is 63.8 Å². The van der Waals surface area contributed by atoms with E-state index in [1.54, 1.807) is 6.08 Å². The first-order valence-corrected chi connectivity index (χ1v) is 9.99. The fourth-order valence-electron chi connectivity index (χ4n) is 2.42. The number of anilines is 1. The van der Waals surface area contributed by atoms with E-state index in [9.17, 15) is 9.18 Å². The van der Waals surface area contributed by atoms with Gasteiger partial charge in [-0.2, -0.15) is 0 Å². The molecular weight excluding hydrogens is 405 g/mol. The highest BCUT2D eigenvalue weighted by Crippen LogP contribution is 2.37. The van der Waals surface area contributed by atoms with Crippen molar-refractivity contribution in [2.75, 3.05) is 4.90 Å². The number of carbonyl (C=O) groups is 1. The van der Waals surface area contributed by atoms with Crippen molar-refractivity contribution in [3.8, 4) is 5.75 Å². The number of hydrogen-bond acceptors (Lipinski definition) is 4. The highest BCUT2D eigenvalue weighted by atomic mass is 35.5. The molecule has 1 aliphatic rings. The zero-order chi connectivity index (χ0) is 19.6. The van der Waals surface area contributed by atoms with Crippen molar-refractivity contribution in [2.24, 2.45) is 0 Å². The first kappa shape index (κ1) is 19.9. The molecule has 2 aromatic carbocycles. The van der Waals surface area contributed by atoms with Crippen LogP contribution in [-0.2, 0) is 4.79 Å². The molecule has 140 valence electrons. The van der Waals surface area contributed by atoms with Gasteiger partial charge in [-0.1, -0.05) is 54.6 Å². The van der Waals surface area contributed by atoms with Gasteiger partial charge in [0.1, 0.15) is 11.6 Å². The van der Waals surface area contributed by atoms with Crippen LogP contribution in [0.25, 0.3) is 6.08 Å². The first-order chi connectivity index (χ1) is 12.9. The molecule has 0 aromatic heterocycles. The number of thiocarbonyl (C=S) groups is 1. The van der Waals surface area contributed by atoms with Crippen LogP contribution in [0, 0.1) is 5.82 Å². The van der Waals surface area contributed by atoms with Crippen LogP contribution in [0.5, 0.6) is 5.75 Å². The number of hydrogen-bond donors (Lipinski definition) is 0. The highest BCUT2D eigenvalue weighted by Gasteiger charge is 2.33. The van der Waals surface area contributed by atoms with Crippen LogP contribution in [0.15, 0.2) is 47.4 Å². The van der Waals surface area contributed by atoms with Crippen molar-refractivity contribution in [1.82, 2.24) is 0 Å². The Morgan fingerprint density at radius 1 is 1.30 bits per heavy atom. The Morgan fingerprint density at radius 2 is 2.00 bits per heavy atom. The Kier molecular flexibility index (Phi) is 6.19. The smallest absolute Gasteiger partial charge is 0.270 e. The normalized spacial score (nSPS) is 16.9. The van der Waals surface area contributed by atoms with Gasteiger partial charge in [-0.25, -0.2) is 4.39 Å². The van der Waals surface area contributed by atoms with Gasteiger partial charge in [0, 0.05) is 0 Å². The zero-order valence-corrected chi connectivity index (χ0v) is 17.1. The standard InChI is InChI=1S/C20H17ClFNO2S2/c1-3-12(2)25-15-7-4-13(5-8-15)10-18-19(24)23(20(26)27-18)14-6-9-17(22)16(21)11-14/h4-12H,3H2,1-2H3/b18-10-/t12-/m1/s1. The Balaban J connectivity index is 1.80.